The number of nitrogens with zero attached hydrogens (tertiary/aromatic N) is 3. The average molecular weight is 349 g/mol. The van der Waals surface area contributed by atoms with Crippen molar-refractivity contribution in [3.05, 3.63) is 65.0 Å². The standard InChI is InChI=1S/C22H27N3O/c1-3-19-7-9-20(10-8-19)15-24-12-13-25(22(17-24)11-14-26)16-21-6-4-5-18(2)23-21/h1,4-10,22,26H,11-17H2,2H3/t22-/m0/s1. The van der Waals surface area contributed by atoms with Crippen LogP contribution < -0.4 is 0 Å². The summed E-state index contributed by atoms with van der Waals surface area (Å²) in [4.78, 5) is 9.55. The van der Waals surface area contributed by atoms with Crippen molar-refractivity contribution in [3.8, 4) is 12.3 Å². The molecule has 2 heterocycles. The van der Waals surface area contributed by atoms with E-state index in [0.29, 0.717) is 6.04 Å². The minimum atomic E-state index is 0.215. The van der Waals surface area contributed by atoms with Crippen molar-refractivity contribution >= 4 is 0 Å². The normalized spacial score (nSPS) is 18.6. The molecule has 1 N–H and O–H groups in total. The molecule has 0 radical (unpaired) electrons. The van der Waals surface area contributed by atoms with Gasteiger partial charge in [0.15, 0.2) is 0 Å². The first-order valence-electron chi connectivity index (χ1n) is 9.23. The van der Waals surface area contributed by atoms with Crippen molar-refractivity contribution < 1.29 is 5.11 Å². The summed E-state index contributed by atoms with van der Waals surface area (Å²) >= 11 is 0. The third-order valence-electron chi connectivity index (χ3n) is 4.99. The second kappa shape index (κ2) is 8.95. The smallest absolute Gasteiger partial charge is 0.0547 e. The number of aliphatic hydroxyl groups excluding tert-OH is 1. The van der Waals surface area contributed by atoms with E-state index in [0.717, 1.165) is 56.1 Å². The fraction of sp³-hybridized carbons (Fsp3) is 0.409. The first kappa shape index (κ1) is 18.6. The molecule has 0 spiro atoms. The number of aliphatic hydroxyl groups is 1. The molecule has 1 fully saturated rings. The molecule has 1 saturated heterocycles. The Morgan fingerprint density at radius 3 is 2.65 bits per heavy atom. The van der Waals surface area contributed by atoms with Crippen LogP contribution in [0.1, 0.15) is 28.9 Å². The molecular formula is C22H27N3O. The van der Waals surface area contributed by atoms with Gasteiger partial charge in [-0.2, -0.15) is 0 Å². The van der Waals surface area contributed by atoms with Gasteiger partial charge in [-0.15, -0.1) is 6.42 Å². The Morgan fingerprint density at radius 1 is 1.15 bits per heavy atom. The minimum Gasteiger partial charge on any atom is -0.396 e. The highest BCUT2D eigenvalue weighted by atomic mass is 16.3. The zero-order valence-corrected chi connectivity index (χ0v) is 15.4. The average Bonchev–Trinajstić information content (AvgIpc) is 2.65. The molecule has 4 nitrogen and oxygen atoms in total. The van der Waals surface area contributed by atoms with Crippen LogP contribution in [0.3, 0.4) is 0 Å². The van der Waals surface area contributed by atoms with Crippen molar-refractivity contribution in [1.82, 2.24) is 14.8 Å². The summed E-state index contributed by atoms with van der Waals surface area (Å²) in [7, 11) is 0. The molecule has 136 valence electrons. The Labute approximate surface area is 156 Å². The Balaban J connectivity index is 1.62. The first-order chi connectivity index (χ1) is 12.7. The highest BCUT2D eigenvalue weighted by molar-refractivity contribution is 5.34. The third kappa shape index (κ3) is 4.92. The predicted octanol–water partition coefficient (Wildman–Crippen LogP) is 2.44. The fourth-order valence-corrected chi connectivity index (χ4v) is 3.59. The van der Waals surface area contributed by atoms with Crippen LogP contribution in [-0.2, 0) is 13.1 Å². The van der Waals surface area contributed by atoms with E-state index >= 15 is 0 Å². The SMILES string of the molecule is C#Cc1ccc(CN2CCN(Cc3cccc(C)n3)[C@@H](CCO)C2)cc1. The lowest BCUT2D eigenvalue weighted by molar-refractivity contribution is 0.0491. The summed E-state index contributed by atoms with van der Waals surface area (Å²) in [5, 5.41) is 9.50. The summed E-state index contributed by atoms with van der Waals surface area (Å²) in [6, 6.07) is 14.7. The lowest BCUT2D eigenvalue weighted by atomic mass is 10.1. The molecule has 26 heavy (non-hydrogen) atoms. The molecular weight excluding hydrogens is 322 g/mol. The van der Waals surface area contributed by atoms with Gasteiger partial charge in [-0.05, 0) is 43.2 Å². The Kier molecular flexibility index (Phi) is 6.40. The number of aromatic nitrogens is 1. The topological polar surface area (TPSA) is 39.6 Å². The van der Waals surface area contributed by atoms with Crippen molar-refractivity contribution in [3.63, 3.8) is 0 Å². The molecule has 1 aromatic carbocycles. The van der Waals surface area contributed by atoms with Gasteiger partial charge in [0.2, 0.25) is 0 Å². The van der Waals surface area contributed by atoms with E-state index in [4.69, 9.17) is 6.42 Å². The lowest BCUT2D eigenvalue weighted by Crippen LogP contribution is -2.52. The largest absolute Gasteiger partial charge is 0.396 e. The monoisotopic (exact) mass is 349 g/mol. The van der Waals surface area contributed by atoms with Crippen molar-refractivity contribution in [2.24, 2.45) is 0 Å². The van der Waals surface area contributed by atoms with Crippen LogP contribution in [0.5, 0.6) is 0 Å². The molecule has 1 aliphatic heterocycles. The third-order valence-corrected chi connectivity index (χ3v) is 4.99. The summed E-state index contributed by atoms with van der Waals surface area (Å²) < 4.78 is 0. The first-order valence-corrected chi connectivity index (χ1v) is 9.23. The quantitative estimate of drug-likeness (QED) is 0.813. The Hall–Kier alpha value is -2.19. The predicted molar refractivity (Wildman–Crippen MR) is 105 cm³/mol. The van der Waals surface area contributed by atoms with E-state index in [2.05, 4.69) is 45.0 Å². The lowest BCUT2D eigenvalue weighted by Gasteiger charge is -2.41. The van der Waals surface area contributed by atoms with E-state index in [9.17, 15) is 5.11 Å². The van der Waals surface area contributed by atoms with Gasteiger partial charge in [0.1, 0.15) is 0 Å². The highest BCUT2D eigenvalue weighted by Gasteiger charge is 2.26. The molecule has 0 bridgehead atoms. The van der Waals surface area contributed by atoms with Crippen LogP contribution in [0.2, 0.25) is 0 Å². The van der Waals surface area contributed by atoms with E-state index in [1.807, 2.05) is 25.1 Å². The van der Waals surface area contributed by atoms with Crippen molar-refractivity contribution in [2.75, 3.05) is 26.2 Å². The number of piperazine rings is 1. The molecule has 0 amide bonds. The number of aryl methyl sites for hydroxylation is 1. The molecule has 0 unspecified atom stereocenters. The summed E-state index contributed by atoms with van der Waals surface area (Å²) in [5.41, 5.74) is 4.35. The van der Waals surface area contributed by atoms with E-state index < -0.39 is 0 Å². The molecule has 3 rings (SSSR count). The molecule has 0 aliphatic carbocycles. The molecule has 0 saturated carbocycles. The van der Waals surface area contributed by atoms with Gasteiger partial charge in [0, 0.05) is 56.6 Å². The summed E-state index contributed by atoms with van der Waals surface area (Å²) in [6.07, 6.45) is 6.22. The number of rotatable bonds is 6. The van der Waals surface area contributed by atoms with Crippen LogP contribution in [0, 0.1) is 19.3 Å². The maximum absolute atomic E-state index is 9.50. The number of terminal acetylenes is 1. The zero-order valence-electron chi connectivity index (χ0n) is 15.4. The van der Waals surface area contributed by atoms with Crippen LogP contribution in [0.25, 0.3) is 0 Å². The second-order valence-corrected chi connectivity index (χ2v) is 6.98. The van der Waals surface area contributed by atoms with E-state index in [-0.39, 0.29) is 6.61 Å². The van der Waals surface area contributed by atoms with Crippen molar-refractivity contribution in [1.29, 1.82) is 0 Å². The molecule has 1 aliphatic rings. The van der Waals surface area contributed by atoms with Gasteiger partial charge in [0.05, 0.1) is 5.69 Å². The molecule has 4 heteroatoms. The van der Waals surface area contributed by atoms with Gasteiger partial charge in [-0.25, -0.2) is 0 Å². The van der Waals surface area contributed by atoms with Gasteiger partial charge >= 0.3 is 0 Å². The van der Waals surface area contributed by atoms with Crippen LogP contribution in [0.15, 0.2) is 42.5 Å². The Morgan fingerprint density at radius 2 is 1.96 bits per heavy atom. The van der Waals surface area contributed by atoms with E-state index in [1.54, 1.807) is 0 Å². The van der Waals surface area contributed by atoms with Gasteiger partial charge < -0.3 is 5.11 Å². The number of pyridine rings is 1. The van der Waals surface area contributed by atoms with Crippen LogP contribution in [0.4, 0.5) is 0 Å². The summed E-state index contributed by atoms with van der Waals surface area (Å²) in [6.45, 7) is 6.97. The maximum atomic E-state index is 9.50. The zero-order chi connectivity index (χ0) is 18.4. The highest BCUT2D eigenvalue weighted by Crippen LogP contribution is 2.18. The minimum absolute atomic E-state index is 0.215. The Bertz CT molecular complexity index is 751. The molecule has 1 aromatic heterocycles. The molecule has 1 atom stereocenters. The second-order valence-electron chi connectivity index (χ2n) is 6.98. The van der Waals surface area contributed by atoms with Crippen LogP contribution in [-0.4, -0.2) is 52.2 Å². The van der Waals surface area contributed by atoms with E-state index in [1.165, 1.54) is 5.56 Å². The van der Waals surface area contributed by atoms with Gasteiger partial charge in [-0.3, -0.25) is 14.8 Å². The van der Waals surface area contributed by atoms with Gasteiger partial charge in [0.25, 0.3) is 0 Å². The maximum Gasteiger partial charge on any atom is 0.0547 e. The fourth-order valence-electron chi connectivity index (χ4n) is 3.59. The number of benzene rings is 1. The number of hydrogen-bond donors (Lipinski definition) is 1. The molecule has 2 aromatic rings. The van der Waals surface area contributed by atoms with Crippen LogP contribution >= 0.6 is 0 Å². The van der Waals surface area contributed by atoms with Gasteiger partial charge in [-0.1, -0.05) is 24.1 Å². The van der Waals surface area contributed by atoms with Crippen molar-refractivity contribution in [2.45, 2.75) is 32.5 Å². The number of hydrogen-bond acceptors (Lipinski definition) is 4. The summed E-state index contributed by atoms with van der Waals surface area (Å²) in [5.74, 6) is 2.66.